The summed E-state index contributed by atoms with van der Waals surface area (Å²) in [5, 5.41) is 8.02. The lowest BCUT2D eigenvalue weighted by molar-refractivity contribution is -0.659. The van der Waals surface area contributed by atoms with Crippen molar-refractivity contribution in [2.24, 2.45) is 18.4 Å². The summed E-state index contributed by atoms with van der Waals surface area (Å²) in [7, 11) is 2.20. The molecule has 3 heteroatoms. The normalized spacial score (nSPS) is 13.3. The molecule has 0 aliphatic carbocycles. The molecule has 39 heavy (non-hydrogen) atoms. The van der Waals surface area contributed by atoms with Crippen molar-refractivity contribution < 1.29 is 8.98 Å². The average Bonchev–Trinajstić information content (AvgIpc) is 3.27. The van der Waals surface area contributed by atoms with Gasteiger partial charge in [0.05, 0.1) is 10.9 Å². The molecular weight excluding hydrogens is 494 g/mol. The Labute approximate surface area is 235 Å². The SMILES string of the molecule is Cc1c2c(c(CC(C)(C)C)c3c1oc1ccccc13)Sc1cc3cccc(CC(C)C)c3c3cc[n+](C)c-2c13. The molecule has 3 heterocycles. The van der Waals surface area contributed by atoms with E-state index >= 15 is 0 Å². The molecule has 0 bridgehead atoms. The molecule has 1 aliphatic rings. The minimum Gasteiger partial charge on any atom is -0.456 e. The Kier molecular flexibility index (Phi) is 5.45. The zero-order chi connectivity index (χ0) is 27.2. The van der Waals surface area contributed by atoms with Crippen LogP contribution in [0.15, 0.2) is 75.0 Å². The van der Waals surface area contributed by atoms with Gasteiger partial charge >= 0.3 is 0 Å². The van der Waals surface area contributed by atoms with Crippen LogP contribution < -0.4 is 4.57 Å². The van der Waals surface area contributed by atoms with Crippen LogP contribution in [0.4, 0.5) is 0 Å². The van der Waals surface area contributed by atoms with Crippen molar-refractivity contribution in [3.63, 3.8) is 0 Å². The molecule has 0 N–H and O–H groups in total. The molecule has 0 fully saturated rings. The van der Waals surface area contributed by atoms with E-state index in [-0.39, 0.29) is 5.41 Å². The van der Waals surface area contributed by atoms with Crippen LogP contribution in [0.2, 0.25) is 0 Å². The van der Waals surface area contributed by atoms with Gasteiger partial charge in [0, 0.05) is 37.6 Å². The highest BCUT2D eigenvalue weighted by molar-refractivity contribution is 8.00. The maximum absolute atomic E-state index is 6.64. The van der Waals surface area contributed by atoms with Crippen molar-refractivity contribution in [1.29, 1.82) is 0 Å². The number of hydrogen-bond acceptors (Lipinski definition) is 2. The zero-order valence-electron chi connectivity index (χ0n) is 24.0. The number of para-hydroxylation sites is 1. The summed E-state index contributed by atoms with van der Waals surface area (Å²) < 4.78 is 8.98. The summed E-state index contributed by atoms with van der Waals surface area (Å²) in [6.45, 7) is 13.9. The Morgan fingerprint density at radius 2 is 1.72 bits per heavy atom. The number of aryl methyl sites for hydroxylation is 2. The highest BCUT2D eigenvalue weighted by atomic mass is 32.2. The van der Waals surface area contributed by atoms with E-state index in [9.17, 15) is 0 Å². The van der Waals surface area contributed by atoms with Gasteiger partial charge in [0.2, 0.25) is 5.69 Å². The minimum atomic E-state index is 0.137. The number of nitrogens with zero attached hydrogens (tertiary/aromatic N) is 1. The number of hydrogen-bond donors (Lipinski definition) is 0. The van der Waals surface area contributed by atoms with Crippen molar-refractivity contribution in [3.05, 3.63) is 77.5 Å². The molecule has 196 valence electrons. The second-order valence-corrected chi connectivity index (χ2v) is 14.1. The van der Waals surface area contributed by atoms with E-state index in [1.165, 1.54) is 70.1 Å². The first-order chi connectivity index (χ1) is 18.6. The molecule has 7 rings (SSSR count). The first-order valence-electron chi connectivity index (χ1n) is 14.1. The van der Waals surface area contributed by atoms with Crippen molar-refractivity contribution in [2.45, 2.75) is 64.2 Å². The minimum absolute atomic E-state index is 0.137. The zero-order valence-corrected chi connectivity index (χ0v) is 24.8. The number of furan rings is 1. The highest BCUT2D eigenvalue weighted by Crippen LogP contribution is 2.54. The van der Waals surface area contributed by atoms with E-state index in [4.69, 9.17) is 4.42 Å². The lowest BCUT2D eigenvalue weighted by Gasteiger charge is -2.27. The Bertz CT molecular complexity index is 1970. The largest absolute Gasteiger partial charge is 0.456 e. The molecule has 1 aliphatic heterocycles. The van der Waals surface area contributed by atoms with Gasteiger partial charge in [0.1, 0.15) is 18.2 Å². The van der Waals surface area contributed by atoms with Crippen LogP contribution in [0.5, 0.6) is 0 Å². The molecule has 0 radical (unpaired) electrons. The Hall–Kier alpha value is -3.30. The Morgan fingerprint density at radius 3 is 2.49 bits per heavy atom. The molecule has 0 amide bonds. The van der Waals surface area contributed by atoms with E-state index in [0.29, 0.717) is 5.92 Å². The van der Waals surface area contributed by atoms with E-state index in [0.717, 1.165) is 24.0 Å². The molecule has 4 aromatic carbocycles. The van der Waals surface area contributed by atoms with Gasteiger partial charge in [-0.1, -0.05) is 82.8 Å². The lowest BCUT2D eigenvalue weighted by atomic mass is 9.83. The standard InChI is InChI=1S/C36H36NOS/c1-20(2)17-22-11-10-12-23-18-28-32-25(30(22)23)15-16-37(7)33(32)29-21(3)34-31(24-13-8-9-14-27(24)38-34)26(35(29)39-28)19-36(4,5)6/h8-16,18,20H,17,19H2,1-7H3/q+1. The molecule has 6 aromatic rings. The van der Waals surface area contributed by atoms with Crippen LogP contribution in [-0.2, 0) is 19.9 Å². The second-order valence-electron chi connectivity index (χ2n) is 13.0. The van der Waals surface area contributed by atoms with Gasteiger partial charge in [0.15, 0.2) is 6.20 Å². The Balaban J connectivity index is 1.66. The van der Waals surface area contributed by atoms with Crippen molar-refractivity contribution in [3.8, 4) is 11.3 Å². The fourth-order valence-corrected chi connectivity index (χ4v) is 8.11. The second kappa shape index (κ2) is 8.60. The summed E-state index contributed by atoms with van der Waals surface area (Å²) in [4.78, 5) is 2.76. The summed E-state index contributed by atoms with van der Waals surface area (Å²) in [6, 6.07) is 20.2. The lowest BCUT2D eigenvalue weighted by Crippen LogP contribution is -2.32. The number of benzene rings is 4. The predicted octanol–water partition coefficient (Wildman–Crippen LogP) is 9.94. The van der Waals surface area contributed by atoms with Crippen LogP contribution in [0.1, 0.15) is 51.3 Å². The third-order valence-corrected chi connectivity index (χ3v) is 9.40. The van der Waals surface area contributed by atoms with E-state index < -0.39 is 0 Å². The fourth-order valence-electron chi connectivity index (χ4n) is 6.74. The number of fused-ring (bicyclic) bond motifs is 7. The molecule has 0 saturated carbocycles. The highest BCUT2D eigenvalue weighted by Gasteiger charge is 2.35. The van der Waals surface area contributed by atoms with Crippen LogP contribution in [0.25, 0.3) is 54.7 Å². The summed E-state index contributed by atoms with van der Waals surface area (Å²) in [5.41, 5.74) is 8.91. The first kappa shape index (κ1) is 24.7. The number of pyridine rings is 1. The van der Waals surface area contributed by atoms with Gasteiger partial charge in [-0.05, 0) is 65.1 Å². The van der Waals surface area contributed by atoms with Crippen LogP contribution in [-0.4, -0.2) is 0 Å². The molecule has 2 aromatic heterocycles. The monoisotopic (exact) mass is 530 g/mol. The molecule has 0 spiro atoms. The average molecular weight is 531 g/mol. The third-order valence-electron chi connectivity index (χ3n) is 8.21. The molecule has 0 saturated heterocycles. The molecule has 2 nitrogen and oxygen atoms in total. The number of rotatable bonds is 3. The van der Waals surface area contributed by atoms with E-state index in [1.54, 1.807) is 0 Å². The van der Waals surface area contributed by atoms with Gasteiger partial charge in [-0.15, -0.1) is 0 Å². The van der Waals surface area contributed by atoms with Gasteiger partial charge < -0.3 is 4.42 Å². The van der Waals surface area contributed by atoms with Crippen LogP contribution >= 0.6 is 11.8 Å². The molecule has 0 unspecified atom stereocenters. The maximum atomic E-state index is 6.64. The summed E-state index contributed by atoms with van der Waals surface area (Å²) >= 11 is 1.97. The predicted molar refractivity (Wildman–Crippen MR) is 166 cm³/mol. The molecule has 0 atom stereocenters. The summed E-state index contributed by atoms with van der Waals surface area (Å²) in [6.07, 6.45) is 4.34. The molecular formula is C36H36NOS+. The van der Waals surface area contributed by atoms with Crippen LogP contribution in [0, 0.1) is 18.3 Å². The van der Waals surface area contributed by atoms with Crippen LogP contribution in [0.3, 0.4) is 0 Å². The van der Waals surface area contributed by atoms with Crippen molar-refractivity contribution in [1.82, 2.24) is 0 Å². The quantitative estimate of drug-likeness (QED) is 0.167. The summed E-state index contributed by atoms with van der Waals surface area (Å²) in [5.74, 6) is 0.608. The van der Waals surface area contributed by atoms with Gasteiger partial charge in [-0.3, -0.25) is 0 Å². The van der Waals surface area contributed by atoms with Crippen molar-refractivity contribution >= 4 is 55.2 Å². The van der Waals surface area contributed by atoms with Crippen molar-refractivity contribution in [2.75, 3.05) is 0 Å². The van der Waals surface area contributed by atoms with E-state index in [1.807, 2.05) is 11.8 Å². The maximum Gasteiger partial charge on any atom is 0.222 e. The Morgan fingerprint density at radius 1 is 0.923 bits per heavy atom. The van der Waals surface area contributed by atoms with Gasteiger partial charge in [-0.2, -0.15) is 0 Å². The smallest absolute Gasteiger partial charge is 0.222 e. The first-order valence-corrected chi connectivity index (χ1v) is 15.0. The fraction of sp³-hybridized carbons (Fsp3) is 0.306. The number of aromatic nitrogens is 1. The van der Waals surface area contributed by atoms with E-state index in [2.05, 4.69) is 114 Å². The topological polar surface area (TPSA) is 17.0 Å². The van der Waals surface area contributed by atoms with Gasteiger partial charge in [0.25, 0.3) is 0 Å². The third kappa shape index (κ3) is 3.73. The van der Waals surface area contributed by atoms with Gasteiger partial charge in [-0.25, -0.2) is 4.57 Å².